The number of nitrogens with one attached hydrogen (secondary N) is 2. The van der Waals surface area contributed by atoms with Crippen LogP contribution in [0, 0.1) is 0 Å². The Bertz CT molecular complexity index is 985. The van der Waals surface area contributed by atoms with E-state index < -0.39 is 0 Å². The smallest absolute Gasteiger partial charge is 0.190 e. The number of aromatic nitrogens is 2. The molecule has 0 fully saturated rings. The average molecular weight is 436 g/mol. The standard InChI is InChI=1S/C25H33N5O2/c1-4-32-24-17-20(12-13-23(24)31-3)9-8-15-27-25(26-2)28-16-14-21-18-29-30(19-21)22-10-6-5-7-11-22/h5-7,10-13,17-19H,4,8-9,14-16H2,1-3H3,(H2,26,27,28). The van der Waals surface area contributed by atoms with Crippen LogP contribution in [0.1, 0.15) is 24.5 Å². The first-order chi connectivity index (χ1) is 15.7. The molecule has 7 heteroatoms. The molecule has 0 unspecified atom stereocenters. The normalized spacial score (nSPS) is 11.3. The van der Waals surface area contributed by atoms with Crippen molar-refractivity contribution in [2.75, 3.05) is 33.9 Å². The van der Waals surface area contributed by atoms with Crippen LogP contribution in [-0.2, 0) is 12.8 Å². The number of nitrogens with zero attached hydrogens (tertiary/aromatic N) is 3. The van der Waals surface area contributed by atoms with Crippen LogP contribution in [0.2, 0.25) is 0 Å². The molecule has 0 saturated heterocycles. The van der Waals surface area contributed by atoms with Crippen LogP contribution in [0.5, 0.6) is 11.5 Å². The topological polar surface area (TPSA) is 72.7 Å². The Morgan fingerprint density at radius 3 is 2.56 bits per heavy atom. The molecule has 0 spiro atoms. The highest BCUT2D eigenvalue weighted by molar-refractivity contribution is 5.79. The Kier molecular flexibility index (Phi) is 8.98. The maximum absolute atomic E-state index is 5.66. The van der Waals surface area contributed by atoms with Crippen molar-refractivity contribution in [1.82, 2.24) is 20.4 Å². The number of ether oxygens (including phenoxy) is 2. The van der Waals surface area contributed by atoms with Crippen molar-refractivity contribution in [3.8, 4) is 17.2 Å². The number of hydrogen-bond acceptors (Lipinski definition) is 4. The largest absolute Gasteiger partial charge is 0.493 e. The van der Waals surface area contributed by atoms with Crippen LogP contribution >= 0.6 is 0 Å². The van der Waals surface area contributed by atoms with Gasteiger partial charge in [-0.15, -0.1) is 0 Å². The summed E-state index contributed by atoms with van der Waals surface area (Å²) < 4.78 is 12.9. The third-order valence-corrected chi connectivity index (χ3v) is 5.05. The average Bonchev–Trinajstić information content (AvgIpc) is 3.30. The van der Waals surface area contributed by atoms with Gasteiger partial charge >= 0.3 is 0 Å². The summed E-state index contributed by atoms with van der Waals surface area (Å²) in [5, 5.41) is 11.2. The minimum atomic E-state index is 0.621. The zero-order valence-electron chi connectivity index (χ0n) is 19.2. The molecule has 0 aliphatic carbocycles. The summed E-state index contributed by atoms with van der Waals surface area (Å²) in [6.45, 7) is 4.22. The predicted molar refractivity (Wildman–Crippen MR) is 129 cm³/mol. The second-order valence-corrected chi connectivity index (χ2v) is 7.33. The summed E-state index contributed by atoms with van der Waals surface area (Å²) in [5.41, 5.74) is 3.48. The lowest BCUT2D eigenvalue weighted by molar-refractivity contribution is 0.310. The fourth-order valence-corrected chi connectivity index (χ4v) is 3.40. The Balaban J connectivity index is 1.38. The van der Waals surface area contributed by atoms with Gasteiger partial charge in [0.25, 0.3) is 0 Å². The number of benzene rings is 2. The number of guanidine groups is 1. The molecule has 1 aromatic heterocycles. The summed E-state index contributed by atoms with van der Waals surface area (Å²) >= 11 is 0. The maximum atomic E-state index is 5.66. The molecule has 3 aromatic rings. The lowest BCUT2D eigenvalue weighted by atomic mass is 10.1. The fourth-order valence-electron chi connectivity index (χ4n) is 3.40. The van der Waals surface area contributed by atoms with Crippen molar-refractivity contribution in [2.24, 2.45) is 4.99 Å². The number of hydrogen-bond donors (Lipinski definition) is 2. The lowest BCUT2D eigenvalue weighted by Gasteiger charge is -2.13. The molecular weight excluding hydrogens is 402 g/mol. The van der Waals surface area contributed by atoms with E-state index in [1.54, 1.807) is 14.2 Å². The van der Waals surface area contributed by atoms with E-state index in [1.165, 1.54) is 11.1 Å². The highest BCUT2D eigenvalue weighted by Gasteiger charge is 2.06. The molecule has 0 atom stereocenters. The molecule has 0 amide bonds. The first-order valence-corrected chi connectivity index (χ1v) is 11.1. The molecule has 170 valence electrons. The van der Waals surface area contributed by atoms with Gasteiger partial charge in [0.15, 0.2) is 17.5 Å². The molecule has 32 heavy (non-hydrogen) atoms. The van der Waals surface area contributed by atoms with Gasteiger partial charge in [-0.25, -0.2) is 4.68 Å². The Morgan fingerprint density at radius 2 is 1.81 bits per heavy atom. The summed E-state index contributed by atoms with van der Waals surface area (Å²) in [5.74, 6) is 2.38. The molecule has 0 bridgehead atoms. The van der Waals surface area contributed by atoms with Gasteiger partial charge in [-0.1, -0.05) is 24.3 Å². The van der Waals surface area contributed by atoms with Crippen molar-refractivity contribution in [1.29, 1.82) is 0 Å². The zero-order valence-corrected chi connectivity index (χ0v) is 19.2. The summed E-state index contributed by atoms with van der Waals surface area (Å²) in [7, 11) is 3.45. The molecule has 0 aliphatic heterocycles. The van der Waals surface area contributed by atoms with Crippen LogP contribution in [0.25, 0.3) is 5.69 Å². The first-order valence-electron chi connectivity index (χ1n) is 11.1. The van der Waals surface area contributed by atoms with Gasteiger partial charge in [0.2, 0.25) is 0 Å². The van der Waals surface area contributed by atoms with Crippen LogP contribution < -0.4 is 20.1 Å². The number of para-hydroxylation sites is 1. The van der Waals surface area contributed by atoms with Gasteiger partial charge in [-0.2, -0.15) is 5.10 Å². The highest BCUT2D eigenvalue weighted by Crippen LogP contribution is 2.28. The van der Waals surface area contributed by atoms with E-state index in [-0.39, 0.29) is 0 Å². The van der Waals surface area contributed by atoms with Crippen LogP contribution in [0.4, 0.5) is 0 Å². The number of aryl methyl sites for hydroxylation is 1. The fraction of sp³-hybridized carbons (Fsp3) is 0.360. The van der Waals surface area contributed by atoms with Gasteiger partial charge in [-0.05, 0) is 61.6 Å². The summed E-state index contributed by atoms with van der Waals surface area (Å²) in [6.07, 6.45) is 6.80. The van der Waals surface area contributed by atoms with Crippen LogP contribution in [0.15, 0.2) is 65.9 Å². The van der Waals surface area contributed by atoms with Gasteiger partial charge in [0, 0.05) is 26.3 Å². The highest BCUT2D eigenvalue weighted by atomic mass is 16.5. The molecular formula is C25H33N5O2. The van der Waals surface area contributed by atoms with Gasteiger partial charge in [0.05, 0.1) is 25.6 Å². The van der Waals surface area contributed by atoms with E-state index in [9.17, 15) is 0 Å². The van der Waals surface area contributed by atoms with Crippen LogP contribution in [0.3, 0.4) is 0 Å². The van der Waals surface area contributed by atoms with E-state index in [2.05, 4.69) is 39.1 Å². The maximum Gasteiger partial charge on any atom is 0.190 e. The lowest BCUT2D eigenvalue weighted by Crippen LogP contribution is -2.38. The minimum absolute atomic E-state index is 0.621. The van der Waals surface area contributed by atoms with Gasteiger partial charge in [-0.3, -0.25) is 4.99 Å². The Hall–Kier alpha value is -3.48. The summed E-state index contributed by atoms with van der Waals surface area (Å²) in [6, 6.07) is 16.2. The van der Waals surface area contributed by atoms with E-state index >= 15 is 0 Å². The second-order valence-electron chi connectivity index (χ2n) is 7.33. The zero-order chi connectivity index (χ0) is 22.6. The number of aliphatic imine (C=N–C) groups is 1. The van der Waals surface area contributed by atoms with Crippen LogP contribution in [-0.4, -0.2) is 49.6 Å². The van der Waals surface area contributed by atoms with E-state index in [1.807, 2.05) is 54.2 Å². The Morgan fingerprint density at radius 1 is 1.00 bits per heavy atom. The van der Waals surface area contributed by atoms with E-state index in [4.69, 9.17) is 9.47 Å². The first kappa shape index (κ1) is 23.2. The molecule has 1 heterocycles. The molecule has 0 radical (unpaired) electrons. The monoisotopic (exact) mass is 435 g/mol. The third-order valence-electron chi connectivity index (χ3n) is 5.05. The Labute approximate surface area is 190 Å². The van der Waals surface area contributed by atoms with Crippen molar-refractivity contribution < 1.29 is 9.47 Å². The van der Waals surface area contributed by atoms with E-state index in [0.717, 1.165) is 55.5 Å². The molecule has 0 saturated carbocycles. The summed E-state index contributed by atoms with van der Waals surface area (Å²) in [4.78, 5) is 4.31. The molecule has 3 rings (SSSR count). The third kappa shape index (κ3) is 6.77. The second kappa shape index (κ2) is 12.4. The van der Waals surface area contributed by atoms with Crippen molar-refractivity contribution in [2.45, 2.75) is 26.2 Å². The molecule has 0 aliphatic rings. The molecule has 2 N–H and O–H groups in total. The van der Waals surface area contributed by atoms with Crippen molar-refractivity contribution in [3.63, 3.8) is 0 Å². The molecule has 7 nitrogen and oxygen atoms in total. The predicted octanol–water partition coefficient (Wildman–Crippen LogP) is 3.62. The minimum Gasteiger partial charge on any atom is -0.493 e. The van der Waals surface area contributed by atoms with Crippen molar-refractivity contribution >= 4 is 5.96 Å². The quantitative estimate of drug-likeness (QED) is 0.273. The molecule has 2 aromatic carbocycles. The number of rotatable bonds is 11. The van der Waals surface area contributed by atoms with Gasteiger partial charge in [0.1, 0.15) is 0 Å². The van der Waals surface area contributed by atoms with Gasteiger partial charge < -0.3 is 20.1 Å². The van der Waals surface area contributed by atoms with Crippen molar-refractivity contribution in [3.05, 3.63) is 72.1 Å². The number of methoxy groups -OCH3 is 1. The SMILES string of the molecule is CCOc1cc(CCCNC(=NC)NCCc2cnn(-c3ccccc3)c2)ccc1OC. The van der Waals surface area contributed by atoms with E-state index in [0.29, 0.717) is 6.61 Å².